The molecule has 0 aliphatic rings. The number of nitrogens with one attached hydrogen (secondary N) is 1. The van der Waals surface area contributed by atoms with E-state index in [9.17, 15) is 9.59 Å². The minimum absolute atomic E-state index is 0.288. The lowest BCUT2D eigenvalue weighted by molar-refractivity contribution is -0.139. The molecule has 1 atom stereocenters. The Kier molecular flexibility index (Phi) is 6.79. The number of ether oxygens (including phenoxy) is 1. The fourth-order valence-corrected chi connectivity index (χ4v) is 1.26. The zero-order chi connectivity index (χ0) is 14.2. The molecule has 1 amide bonds. The summed E-state index contributed by atoms with van der Waals surface area (Å²) in [6.07, 6.45) is 1.13. The molecular weight excluding hydrogens is 236 g/mol. The van der Waals surface area contributed by atoms with Crippen LogP contribution in [-0.2, 0) is 9.53 Å². The van der Waals surface area contributed by atoms with Crippen molar-refractivity contribution in [2.75, 3.05) is 0 Å². The van der Waals surface area contributed by atoms with Crippen LogP contribution < -0.4 is 5.32 Å². The first kappa shape index (κ1) is 16.2. The molecule has 18 heavy (non-hydrogen) atoms. The number of carbonyl (C=O) groups is 2. The highest BCUT2D eigenvalue weighted by Gasteiger charge is 2.23. The zero-order valence-electron chi connectivity index (χ0n) is 11.0. The number of carboxylic acids is 1. The number of nitrogens with zero attached hydrogens (tertiary/aromatic N) is 1. The quantitative estimate of drug-likeness (QED) is 0.708. The molecular formula is C12H20N2O4. The Morgan fingerprint density at radius 1 is 1.39 bits per heavy atom. The van der Waals surface area contributed by atoms with Crippen molar-refractivity contribution >= 4 is 12.1 Å². The number of alkyl carbamates (subject to hydrolysis) is 1. The summed E-state index contributed by atoms with van der Waals surface area (Å²) < 4.78 is 4.98. The van der Waals surface area contributed by atoms with Gasteiger partial charge in [-0.25, -0.2) is 9.59 Å². The van der Waals surface area contributed by atoms with Gasteiger partial charge >= 0.3 is 12.1 Å². The van der Waals surface area contributed by atoms with E-state index in [1.807, 2.05) is 6.07 Å². The van der Waals surface area contributed by atoms with Crippen molar-refractivity contribution in [2.45, 2.75) is 58.1 Å². The van der Waals surface area contributed by atoms with Crippen molar-refractivity contribution in [2.24, 2.45) is 0 Å². The lowest BCUT2D eigenvalue weighted by atomic mass is 10.1. The number of hydrogen-bond donors (Lipinski definition) is 2. The summed E-state index contributed by atoms with van der Waals surface area (Å²) in [5.74, 6) is -1.10. The molecule has 0 aromatic carbocycles. The van der Waals surface area contributed by atoms with E-state index >= 15 is 0 Å². The molecule has 0 fully saturated rings. The van der Waals surface area contributed by atoms with Gasteiger partial charge in [-0.15, -0.1) is 0 Å². The first-order valence-corrected chi connectivity index (χ1v) is 5.85. The molecule has 6 heteroatoms. The Bertz CT molecular complexity index is 328. The molecule has 0 aromatic heterocycles. The molecule has 2 N–H and O–H groups in total. The van der Waals surface area contributed by atoms with Crippen LogP contribution in [0.2, 0.25) is 0 Å². The van der Waals surface area contributed by atoms with Gasteiger partial charge in [0.1, 0.15) is 11.6 Å². The number of unbranched alkanes of at least 4 members (excludes halogenated alkanes) is 2. The van der Waals surface area contributed by atoms with E-state index in [1.165, 1.54) is 0 Å². The summed E-state index contributed by atoms with van der Waals surface area (Å²) in [7, 11) is 0. The monoisotopic (exact) mass is 256 g/mol. The molecule has 102 valence electrons. The van der Waals surface area contributed by atoms with Crippen LogP contribution >= 0.6 is 0 Å². The molecule has 0 spiro atoms. The summed E-state index contributed by atoms with van der Waals surface area (Å²) in [6.45, 7) is 5.11. The molecule has 0 aliphatic heterocycles. The van der Waals surface area contributed by atoms with Crippen molar-refractivity contribution < 1.29 is 19.4 Å². The van der Waals surface area contributed by atoms with E-state index < -0.39 is 23.7 Å². The van der Waals surface area contributed by atoms with Crippen LogP contribution in [0.3, 0.4) is 0 Å². The van der Waals surface area contributed by atoms with E-state index in [0.29, 0.717) is 19.3 Å². The Hall–Kier alpha value is -1.77. The summed E-state index contributed by atoms with van der Waals surface area (Å²) in [5, 5.41) is 19.6. The van der Waals surface area contributed by atoms with E-state index in [0.717, 1.165) is 0 Å². The van der Waals surface area contributed by atoms with Crippen molar-refractivity contribution in [3.8, 4) is 6.07 Å². The molecule has 0 aliphatic carbocycles. The molecule has 0 bridgehead atoms. The lowest BCUT2D eigenvalue weighted by Gasteiger charge is -2.21. The molecule has 0 heterocycles. The topological polar surface area (TPSA) is 99.4 Å². The van der Waals surface area contributed by atoms with E-state index in [-0.39, 0.29) is 6.42 Å². The van der Waals surface area contributed by atoms with Gasteiger partial charge in [0, 0.05) is 6.42 Å². The average molecular weight is 256 g/mol. The molecule has 0 unspecified atom stereocenters. The predicted molar refractivity (Wildman–Crippen MR) is 64.9 cm³/mol. The van der Waals surface area contributed by atoms with Crippen molar-refractivity contribution in [3.63, 3.8) is 0 Å². The minimum Gasteiger partial charge on any atom is -0.480 e. The number of rotatable bonds is 6. The predicted octanol–water partition coefficient (Wildman–Crippen LogP) is 2.05. The van der Waals surface area contributed by atoms with Crippen LogP contribution in [0.4, 0.5) is 4.79 Å². The highest BCUT2D eigenvalue weighted by Crippen LogP contribution is 2.08. The molecule has 0 saturated carbocycles. The van der Waals surface area contributed by atoms with Gasteiger partial charge in [-0.1, -0.05) is 0 Å². The second-order valence-corrected chi connectivity index (χ2v) is 4.94. The van der Waals surface area contributed by atoms with Crippen molar-refractivity contribution in [3.05, 3.63) is 0 Å². The van der Waals surface area contributed by atoms with E-state index in [2.05, 4.69) is 5.32 Å². The normalized spacial score (nSPS) is 12.3. The van der Waals surface area contributed by atoms with Gasteiger partial charge in [-0.3, -0.25) is 0 Å². The second-order valence-electron chi connectivity index (χ2n) is 4.94. The fourth-order valence-electron chi connectivity index (χ4n) is 1.26. The van der Waals surface area contributed by atoms with Gasteiger partial charge in [0.2, 0.25) is 0 Å². The SMILES string of the molecule is CC(C)(C)OC(=O)N[C@H](CCCCC#N)C(=O)O. The number of hydrogen-bond acceptors (Lipinski definition) is 4. The Balaban J connectivity index is 4.16. The standard InChI is InChI=1S/C12H20N2O4/c1-12(2,3)18-11(17)14-9(10(15)16)7-5-4-6-8-13/h9H,4-7H2,1-3H3,(H,14,17)(H,15,16)/t9-/m1/s1. The number of aliphatic carboxylic acids is 1. The van der Waals surface area contributed by atoms with Gasteiger partial charge in [0.05, 0.1) is 6.07 Å². The first-order chi connectivity index (χ1) is 8.26. The van der Waals surface area contributed by atoms with Crippen LogP contribution in [0.5, 0.6) is 0 Å². The number of carboxylic acid groups (broad SMARTS) is 1. The van der Waals surface area contributed by atoms with E-state index in [4.69, 9.17) is 15.1 Å². The van der Waals surface area contributed by atoms with Crippen LogP contribution in [0, 0.1) is 11.3 Å². The maximum atomic E-state index is 11.4. The highest BCUT2D eigenvalue weighted by molar-refractivity contribution is 5.79. The van der Waals surface area contributed by atoms with Gasteiger partial charge < -0.3 is 15.2 Å². The third-order valence-electron chi connectivity index (χ3n) is 2.02. The van der Waals surface area contributed by atoms with Gasteiger partial charge in [-0.2, -0.15) is 5.26 Å². The van der Waals surface area contributed by atoms with Crippen molar-refractivity contribution in [1.29, 1.82) is 5.26 Å². The van der Waals surface area contributed by atoms with Crippen LogP contribution in [-0.4, -0.2) is 28.8 Å². The summed E-state index contributed by atoms with van der Waals surface area (Å²) in [5.41, 5.74) is -0.659. The summed E-state index contributed by atoms with van der Waals surface area (Å²) in [4.78, 5) is 22.3. The Labute approximate surface area is 107 Å². The van der Waals surface area contributed by atoms with Crippen LogP contribution in [0.25, 0.3) is 0 Å². The van der Waals surface area contributed by atoms with Gasteiger partial charge in [-0.05, 0) is 40.0 Å². The Morgan fingerprint density at radius 3 is 2.44 bits per heavy atom. The number of carbonyl (C=O) groups excluding carboxylic acids is 1. The maximum Gasteiger partial charge on any atom is 0.408 e. The third-order valence-corrected chi connectivity index (χ3v) is 2.02. The summed E-state index contributed by atoms with van der Waals surface area (Å²) in [6, 6.07) is 1.01. The minimum atomic E-state index is -1.10. The highest BCUT2D eigenvalue weighted by atomic mass is 16.6. The smallest absolute Gasteiger partial charge is 0.408 e. The Morgan fingerprint density at radius 2 is 2.00 bits per heavy atom. The summed E-state index contributed by atoms with van der Waals surface area (Å²) >= 11 is 0. The van der Waals surface area contributed by atoms with Crippen LogP contribution in [0.15, 0.2) is 0 Å². The molecule has 0 saturated heterocycles. The molecule has 0 radical (unpaired) electrons. The van der Waals surface area contributed by atoms with Gasteiger partial charge in [0.15, 0.2) is 0 Å². The molecule has 0 rings (SSSR count). The third kappa shape index (κ3) is 8.39. The number of amides is 1. The second kappa shape index (κ2) is 7.54. The van der Waals surface area contributed by atoms with E-state index in [1.54, 1.807) is 20.8 Å². The largest absolute Gasteiger partial charge is 0.480 e. The number of nitriles is 1. The van der Waals surface area contributed by atoms with Gasteiger partial charge in [0.25, 0.3) is 0 Å². The lowest BCUT2D eigenvalue weighted by Crippen LogP contribution is -2.43. The molecule has 0 aromatic rings. The zero-order valence-corrected chi connectivity index (χ0v) is 11.0. The fraction of sp³-hybridized carbons (Fsp3) is 0.750. The average Bonchev–Trinajstić information content (AvgIpc) is 2.19. The van der Waals surface area contributed by atoms with Crippen LogP contribution in [0.1, 0.15) is 46.5 Å². The maximum absolute atomic E-state index is 11.4. The first-order valence-electron chi connectivity index (χ1n) is 5.85. The molecule has 6 nitrogen and oxygen atoms in total. The van der Waals surface area contributed by atoms with Crippen molar-refractivity contribution in [1.82, 2.24) is 5.32 Å².